The van der Waals surface area contributed by atoms with Crippen LogP contribution in [-0.4, -0.2) is 51.3 Å². The van der Waals surface area contributed by atoms with Gasteiger partial charge in [-0.1, -0.05) is 30.3 Å². The highest BCUT2D eigenvalue weighted by molar-refractivity contribution is 7.91. The molecule has 0 saturated carbocycles. The zero-order chi connectivity index (χ0) is 26.0. The molecule has 2 heterocycles. The Morgan fingerprint density at radius 3 is 2.46 bits per heavy atom. The van der Waals surface area contributed by atoms with Gasteiger partial charge in [-0.25, -0.2) is 23.2 Å². The van der Waals surface area contributed by atoms with Crippen LogP contribution in [-0.2, 0) is 16.4 Å². The van der Waals surface area contributed by atoms with E-state index < -0.39 is 21.6 Å². The summed E-state index contributed by atoms with van der Waals surface area (Å²) in [6.07, 6.45) is 2.30. The minimum atomic E-state index is -4.08. The van der Waals surface area contributed by atoms with Crippen LogP contribution in [0.5, 0.6) is 0 Å². The number of hydrogen-bond donors (Lipinski definition) is 2. The molecule has 37 heavy (non-hydrogen) atoms. The van der Waals surface area contributed by atoms with Crippen LogP contribution in [0.15, 0.2) is 76.5 Å². The van der Waals surface area contributed by atoms with E-state index in [4.69, 9.17) is 0 Å². The minimum absolute atomic E-state index is 0.00438. The number of amides is 2. The van der Waals surface area contributed by atoms with Gasteiger partial charge in [0.15, 0.2) is 0 Å². The average Bonchev–Trinajstić information content (AvgIpc) is 3.41. The van der Waals surface area contributed by atoms with Crippen molar-refractivity contribution in [1.82, 2.24) is 15.6 Å². The van der Waals surface area contributed by atoms with Gasteiger partial charge in [-0.15, -0.1) is 0 Å². The molecule has 0 unspecified atom stereocenters. The molecule has 0 atom stereocenters. The first-order valence-corrected chi connectivity index (χ1v) is 13.6. The van der Waals surface area contributed by atoms with Crippen molar-refractivity contribution in [2.45, 2.75) is 29.2 Å². The van der Waals surface area contributed by atoms with Gasteiger partial charge in [0.25, 0.3) is 11.8 Å². The second-order valence-corrected chi connectivity index (χ2v) is 10.9. The van der Waals surface area contributed by atoms with Gasteiger partial charge in [-0.05, 0) is 62.3 Å². The van der Waals surface area contributed by atoms with Crippen molar-refractivity contribution in [3.8, 4) is 0 Å². The number of hydrazine groups is 1. The Balaban J connectivity index is 1.49. The Labute approximate surface area is 215 Å². The van der Waals surface area contributed by atoms with Crippen LogP contribution < -0.4 is 15.8 Å². The lowest BCUT2D eigenvalue weighted by atomic mass is 10.1. The number of rotatable bonds is 7. The number of halogens is 1. The van der Waals surface area contributed by atoms with Crippen LogP contribution in [0.25, 0.3) is 0 Å². The van der Waals surface area contributed by atoms with Gasteiger partial charge < -0.3 is 10.2 Å². The van der Waals surface area contributed by atoms with E-state index in [1.54, 1.807) is 30.3 Å². The molecule has 0 aliphatic carbocycles. The predicted molar refractivity (Wildman–Crippen MR) is 136 cm³/mol. The summed E-state index contributed by atoms with van der Waals surface area (Å²) in [7, 11) is -4.08. The van der Waals surface area contributed by atoms with E-state index in [2.05, 4.69) is 15.6 Å². The Morgan fingerprint density at radius 1 is 0.946 bits per heavy atom. The Morgan fingerprint density at radius 2 is 1.68 bits per heavy atom. The molecule has 0 aromatic heterocycles. The predicted octanol–water partition coefficient (Wildman–Crippen LogP) is 3.15. The Bertz CT molecular complexity index is 1450. The molecule has 2 N–H and O–H groups in total. The summed E-state index contributed by atoms with van der Waals surface area (Å²) in [6, 6.07) is 16.2. The lowest BCUT2D eigenvalue weighted by Gasteiger charge is -2.24. The highest BCUT2D eigenvalue weighted by atomic mass is 32.2. The van der Waals surface area contributed by atoms with E-state index in [-0.39, 0.29) is 39.1 Å². The van der Waals surface area contributed by atoms with Crippen molar-refractivity contribution in [2.24, 2.45) is 0 Å². The van der Waals surface area contributed by atoms with Crippen LogP contribution >= 0.6 is 0 Å². The number of nitrogens with zero attached hydrogens (tertiary/aromatic N) is 2. The summed E-state index contributed by atoms with van der Waals surface area (Å²) in [6.45, 7) is 3.13. The number of hydrogen-bond acceptors (Lipinski definition) is 6. The number of anilines is 1. The average molecular weight is 523 g/mol. The smallest absolute Gasteiger partial charge is 0.274 e. The summed E-state index contributed by atoms with van der Waals surface area (Å²) in [4.78, 5) is 28.5. The van der Waals surface area contributed by atoms with E-state index in [0.717, 1.165) is 37.5 Å². The third-order valence-electron chi connectivity index (χ3n) is 6.66. The molecule has 0 bridgehead atoms. The van der Waals surface area contributed by atoms with Crippen molar-refractivity contribution in [2.75, 3.05) is 31.2 Å². The maximum atomic E-state index is 14.3. The van der Waals surface area contributed by atoms with E-state index in [0.29, 0.717) is 12.1 Å². The summed E-state index contributed by atoms with van der Waals surface area (Å²) in [5.41, 5.74) is 3.39. The topological polar surface area (TPSA) is 98.8 Å². The van der Waals surface area contributed by atoms with Gasteiger partial charge in [-0.3, -0.25) is 9.59 Å². The highest BCUT2D eigenvalue weighted by Gasteiger charge is 2.36. The number of likely N-dealkylation sites (tertiary alicyclic amines) is 1. The maximum Gasteiger partial charge on any atom is 0.274 e. The number of benzene rings is 3. The van der Waals surface area contributed by atoms with Crippen molar-refractivity contribution in [3.63, 3.8) is 0 Å². The molecule has 3 aromatic carbocycles. The van der Waals surface area contributed by atoms with Gasteiger partial charge in [0.1, 0.15) is 5.82 Å². The monoisotopic (exact) mass is 522 g/mol. The van der Waals surface area contributed by atoms with Gasteiger partial charge in [0, 0.05) is 30.8 Å². The molecule has 8 nitrogen and oxygen atoms in total. The van der Waals surface area contributed by atoms with Gasteiger partial charge in [0.2, 0.25) is 9.84 Å². The van der Waals surface area contributed by atoms with Crippen LogP contribution in [0.4, 0.5) is 10.1 Å². The third-order valence-corrected chi connectivity index (χ3v) is 8.52. The van der Waals surface area contributed by atoms with E-state index in [1.807, 2.05) is 0 Å². The fourth-order valence-electron chi connectivity index (χ4n) is 4.69. The normalized spacial score (nSPS) is 16.7. The molecule has 0 radical (unpaired) electrons. The standard InChI is InChI=1S/C27H27FN4O4S/c28-22-9-3-1-7-20(22)18-30-32-23-17-19(26(33)29-13-16-31-14-5-6-15-31)11-12-25(23)37(35,36)24-10-4-2-8-21(24)27(32)34/h1-4,7-12,17,30H,5-6,13-16,18H2,(H,29,33). The third kappa shape index (κ3) is 5.00. The van der Waals surface area contributed by atoms with Gasteiger partial charge >= 0.3 is 0 Å². The van der Waals surface area contributed by atoms with Crippen molar-refractivity contribution < 1.29 is 22.4 Å². The van der Waals surface area contributed by atoms with Gasteiger partial charge in [0.05, 0.1) is 21.0 Å². The van der Waals surface area contributed by atoms with E-state index in [1.165, 1.54) is 36.4 Å². The largest absolute Gasteiger partial charge is 0.351 e. The first-order chi connectivity index (χ1) is 17.9. The fraction of sp³-hybridized carbons (Fsp3) is 0.259. The van der Waals surface area contributed by atoms with Crippen LogP contribution in [0.2, 0.25) is 0 Å². The molecule has 2 aliphatic rings. The number of sulfone groups is 1. The lowest BCUT2D eigenvalue weighted by Crippen LogP contribution is -2.43. The molecule has 3 aromatic rings. The molecule has 10 heteroatoms. The zero-order valence-electron chi connectivity index (χ0n) is 20.1. The molecular formula is C27H27FN4O4S. The highest BCUT2D eigenvalue weighted by Crippen LogP contribution is 2.36. The van der Waals surface area contributed by atoms with E-state index >= 15 is 0 Å². The van der Waals surface area contributed by atoms with Crippen LogP contribution in [0.3, 0.4) is 0 Å². The molecule has 5 rings (SSSR count). The molecule has 1 fully saturated rings. The summed E-state index contributed by atoms with van der Waals surface area (Å²) in [5.74, 6) is -1.46. The second-order valence-electron chi connectivity index (χ2n) is 9.05. The first kappa shape index (κ1) is 25.1. The van der Waals surface area contributed by atoms with Crippen molar-refractivity contribution >= 4 is 27.3 Å². The number of fused-ring (bicyclic) bond motifs is 2. The van der Waals surface area contributed by atoms with Crippen LogP contribution in [0.1, 0.15) is 39.1 Å². The van der Waals surface area contributed by atoms with Gasteiger partial charge in [-0.2, -0.15) is 0 Å². The molecular weight excluding hydrogens is 495 g/mol. The van der Waals surface area contributed by atoms with E-state index in [9.17, 15) is 22.4 Å². The number of carbonyl (C=O) groups excluding carboxylic acids is 2. The quantitative estimate of drug-likeness (QED) is 0.495. The second kappa shape index (κ2) is 10.4. The van der Waals surface area contributed by atoms with Crippen LogP contribution in [0, 0.1) is 5.82 Å². The fourth-order valence-corrected chi connectivity index (χ4v) is 6.30. The number of carbonyl (C=O) groups is 2. The van der Waals surface area contributed by atoms with Crippen molar-refractivity contribution in [1.29, 1.82) is 0 Å². The molecule has 2 amide bonds. The summed E-state index contributed by atoms with van der Waals surface area (Å²) < 4.78 is 41.4. The molecule has 2 aliphatic heterocycles. The molecule has 1 saturated heterocycles. The maximum absolute atomic E-state index is 14.3. The first-order valence-electron chi connectivity index (χ1n) is 12.2. The molecule has 0 spiro atoms. The minimum Gasteiger partial charge on any atom is -0.351 e. The summed E-state index contributed by atoms with van der Waals surface area (Å²) >= 11 is 0. The SMILES string of the molecule is O=C(NCCN1CCCC1)c1ccc2c(c1)N(NCc1ccccc1F)C(=O)c1ccccc1S2(=O)=O. The number of nitrogens with one attached hydrogen (secondary N) is 2. The lowest BCUT2D eigenvalue weighted by molar-refractivity contribution is 0.0944. The zero-order valence-corrected chi connectivity index (χ0v) is 20.9. The Kier molecular flexibility index (Phi) is 7.05. The van der Waals surface area contributed by atoms with Crippen molar-refractivity contribution in [3.05, 3.63) is 89.2 Å². The Hall–Kier alpha value is -3.60. The summed E-state index contributed by atoms with van der Waals surface area (Å²) in [5, 5.41) is 3.96. The molecule has 192 valence electrons.